The van der Waals surface area contributed by atoms with Crippen molar-refractivity contribution in [2.45, 2.75) is 13.3 Å². The molecule has 5 heteroatoms. The number of aryl methyl sites for hydroxylation is 1. The van der Waals surface area contributed by atoms with Crippen molar-refractivity contribution in [3.63, 3.8) is 0 Å². The van der Waals surface area contributed by atoms with Crippen LogP contribution in [-0.4, -0.2) is 7.11 Å². The minimum Gasteiger partial charge on any atom is -0.493 e. The van der Waals surface area contributed by atoms with Crippen LogP contribution in [-0.2, 0) is 6.42 Å². The van der Waals surface area contributed by atoms with Crippen molar-refractivity contribution in [2.75, 3.05) is 7.11 Å². The minimum absolute atomic E-state index is 0.0309. The molecule has 0 radical (unpaired) electrons. The number of nitrogens with zero attached hydrogens (tertiary/aromatic N) is 1. The van der Waals surface area contributed by atoms with Gasteiger partial charge in [-0.05, 0) is 52.2 Å². The van der Waals surface area contributed by atoms with Gasteiger partial charge < -0.3 is 9.47 Å². The molecule has 0 aliphatic carbocycles. The van der Waals surface area contributed by atoms with Crippen LogP contribution in [0.4, 0.5) is 4.39 Å². The molecule has 2 aromatic rings. The van der Waals surface area contributed by atoms with Crippen molar-refractivity contribution in [1.29, 1.82) is 5.26 Å². The summed E-state index contributed by atoms with van der Waals surface area (Å²) in [6, 6.07) is 10.3. The third kappa shape index (κ3) is 3.17. The summed E-state index contributed by atoms with van der Waals surface area (Å²) in [5.41, 5.74) is 1.31. The van der Waals surface area contributed by atoms with Crippen LogP contribution < -0.4 is 9.47 Å². The lowest BCUT2D eigenvalue weighted by molar-refractivity contribution is 0.370. The Morgan fingerprint density at radius 1 is 1.19 bits per heavy atom. The van der Waals surface area contributed by atoms with Gasteiger partial charge in [-0.25, -0.2) is 4.39 Å². The van der Waals surface area contributed by atoms with Gasteiger partial charge in [-0.2, -0.15) is 5.26 Å². The lowest BCUT2D eigenvalue weighted by Gasteiger charge is -2.12. The van der Waals surface area contributed by atoms with E-state index in [2.05, 4.69) is 15.9 Å². The predicted octanol–water partition coefficient (Wildman–Crippen LogP) is 4.82. The van der Waals surface area contributed by atoms with E-state index >= 15 is 0 Å². The van der Waals surface area contributed by atoms with E-state index in [0.717, 1.165) is 12.0 Å². The van der Waals surface area contributed by atoms with E-state index in [1.54, 1.807) is 6.07 Å². The average molecular weight is 350 g/mol. The number of benzene rings is 2. The Morgan fingerprint density at radius 3 is 2.52 bits per heavy atom. The molecule has 0 fully saturated rings. The maximum Gasteiger partial charge on any atom is 0.181 e. The zero-order valence-electron chi connectivity index (χ0n) is 11.6. The molecule has 0 heterocycles. The fourth-order valence-electron chi connectivity index (χ4n) is 1.83. The van der Waals surface area contributed by atoms with Crippen molar-refractivity contribution in [1.82, 2.24) is 0 Å². The molecule has 0 saturated carbocycles. The average Bonchev–Trinajstić information content (AvgIpc) is 2.52. The molecule has 0 bridgehead atoms. The monoisotopic (exact) mass is 349 g/mol. The normalized spacial score (nSPS) is 10.0. The quantitative estimate of drug-likeness (QED) is 0.794. The summed E-state index contributed by atoms with van der Waals surface area (Å²) in [4.78, 5) is 0. The first-order valence-electron chi connectivity index (χ1n) is 6.33. The van der Waals surface area contributed by atoms with Crippen LogP contribution in [0, 0.1) is 17.1 Å². The van der Waals surface area contributed by atoms with Gasteiger partial charge in [0.25, 0.3) is 0 Å². The van der Waals surface area contributed by atoms with Crippen molar-refractivity contribution < 1.29 is 13.9 Å². The van der Waals surface area contributed by atoms with Gasteiger partial charge in [-0.15, -0.1) is 0 Å². The van der Waals surface area contributed by atoms with Crippen molar-refractivity contribution in [3.8, 4) is 23.3 Å². The van der Waals surface area contributed by atoms with E-state index in [0.29, 0.717) is 11.5 Å². The van der Waals surface area contributed by atoms with Crippen LogP contribution in [0.1, 0.15) is 18.1 Å². The summed E-state index contributed by atoms with van der Waals surface area (Å²) in [6.45, 7) is 2.03. The van der Waals surface area contributed by atoms with Crippen LogP contribution in [0.15, 0.2) is 34.8 Å². The van der Waals surface area contributed by atoms with Crippen molar-refractivity contribution >= 4 is 15.9 Å². The second-order valence-electron chi connectivity index (χ2n) is 4.29. The Morgan fingerprint density at radius 2 is 1.90 bits per heavy atom. The summed E-state index contributed by atoms with van der Waals surface area (Å²) in [7, 11) is 1.53. The highest BCUT2D eigenvalue weighted by Crippen LogP contribution is 2.36. The lowest BCUT2D eigenvalue weighted by Crippen LogP contribution is -1.95. The van der Waals surface area contributed by atoms with E-state index in [1.807, 2.05) is 25.1 Å². The highest BCUT2D eigenvalue weighted by molar-refractivity contribution is 9.10. The number of ether oxygens (including phenoxy) is 2. The van der Waals surface area contributed by atoms with Crippen LogP contribution >= 0.6 is 15.9 Å². The van der Waals surface area contributed by atoms with Gasteiger partial charge in [-0.3, -0.25) is 0 Å². The fourth-order valence-corrected chi connectivity index (χ4v) is 2.25. The number of hydrogen-bond donors (Lipinski definition) is 0. The van der Waals surface area contributed by atoms with Crippen LogP contribution in [0.2, 0.25) is 0 Å². The molecule has 0 unspecified atom stereocenters. The maximum absolute atomic E-state index is 14.2. The Hall–Kier alpha value is -2.06. The summed E-state index contributed by atoms with van der Waals surface area (Å²) in [5, 5.41) is 8.86. The second kappa shape index (κ2) is 6.59. The molecule has 21 heavy (non-hydrogen) atoms. The van der Waals surface area contributed by atoms with E-state index in [-0.39, 0.29) is 15.8 Å². The van der Waals surface area contributed by atoms with Gasteiger partial charge in [0, 0.05) is 0 Å². The first-order valence-corrected chi connectivity index (χ1v) is 7.12. The number of rotatable bonds is 4. The highest BCUT2D eigenvalue weighted by atomic mass is 79.9. The van der Waals surface area contributed by atoms with Gasteiger partial charge in [0.1, 0.15) is 6.07 Å². The predicted molar refractivity (Wildman–Crippen MR) is 81.3 cm³/mol. The van der Waals surface area contributed by atoms with E-state index in [4.69, 9.17) is 14.7 Å². The van der Waals surface area contributed by atoms with E-state index in [1.165, 1.54) is 19.2 Å². The Balaban J connectivity index is 2.39. The van der Waals surface area contributed by atoms with Crippen LogP contribution in [0.25, 0.3) is 0 Å². The van der Waals surface area contributed by atoms with Gasteiger partial charge in [-0.1, -0.05) is 13.0 Å². The molecule has 0 saturated heterocycles. The van der Waals surface area contributed by atoms with Gasteiger partial charge in [0.15, 0.2) is 23.1 Å². The van der Waals surface area contributed by atoms with Gasteiger partial charge >= 0.3 is 0 Å². The summed E-state index contributed by atoms with van der Waals surface area (Å²) in [6.07, 6.45) is 0.868. The molecule has 0 aromatic heterocycles. The molecule has 2 aromatic carbocycles. The summed E-state index contributed by atoms with van der Waals surface area (Å²) < 4.78 is 25.1. The maximum atomic E-state index is 14.2. The molecule has 0 atom stereocenters. The Kier molecular flexibility index (Phi) is 4.81. The number of nitriles is 1. The number of halogens is 2. The summed E-state index contributed by atoms with van der Waals surface area (Å²) in [5.74, 6) is 0.374. The molecule has 0 N–H and O–H groups in total. The van der Waals surface area contributed by atoms with Gasteiger partial charge in [0.05, 0.1) is 17.1 Å². The SMILES string of the molecule is CCc1ccc(Oc2ccc(C#N)c(Br)c2F)c(OC)c1. The largest absolute Gasteiger partial charge is 0.493 e. The molecular weight excluding hydrogens is 337 g/mol. The zero-order chi connectivity index (χ0) is 15.4. The smallest absolute Gasteiger partial charge is 0.181 e. The zero-order valence-corrected chi connectivity index (χ0v) is 13.2. The molecule has 2 rings (SSSR count). The third-order valence-corrected chi connectivity index (χ3v) is 3.80. The first kappa shape index (κ1) is 15.3. The van der Waals surface area contributed by atoms with Crippen LogP contribution in [0.5, 0.6) is 17.2 Å². The minimum atomic E-state index is -0.615. The molecular formula is C16H13BrFNO2. The first-order chi connectivity index (χ1) is 10.1. The number of methoxy groups -OCH3 is 1. The molecule has 108 valence electrons. The highest BCUT2D eigenvalue weighted by Gasteiger charge is 2.15. The third-order valence-electron chi connectivity index (χ3n) is 3.02. The Labute approximate surface area is 131 Å². The summed E-state index contributed by atoms with van der Waals surface area (Å²) >= 11 is 3.05. The molecule has 3 nitrogen and oxygen atoms in total. The van der Waals surface area contributed by atoms with E-state index in [9.17, 15) is 4.39 Å². The molecule has 0 spiro atoms. The van der Waals surface area contributed by atoms with Crippen molar-refractivity contribution in [2.24, 2.45) is 0 Å². The van der Waals surface area contributed by atoms with Gasteiger partial charge in [0.2, 0.25) is 0 Å². The Bertz CT molecular complexity index is 710. The standard InChI is InChI=1S/C16H13BrFNO2/c1-3-10-4-6-12(14(8-10)20-2)21-13-7-5-11(9-19)15(17)16(13)18/h4-8H,3H2,1-2H3. The molecule has 0 aliphatic heterocycles. The fraction of sp³-hybridized carbons (Fsp3) is 0.188. The molecule has 0 aliphatic rings. The second-order valence-corrected chi connectivity index (χ2v) is 5.08. The topological polar surface area (TPSA) is 42.2 Å². The lowest BCUT2D eigenvalue weighted by atomic mass is 10.1. The van der Waals surface area contributed by atoms with E-state index < -0.39 is 5.82 Å². The van der Waals surface area contributed by atoms with Crippen molar-refractivity contribution in [3.05, 3.63) is 51.7 Å². The van der Waals surface area contributed by atoms with Crippen LogP contribution in [0.3, 0.4) is 0 Å². The number of hydrogen-bond acceptors (Lipinski definition) is 3. The molecule has 0 amide bonds.